The predicted molar refractivity (Wildman–Crippen MR) is 108 cm³/mol. The van der Waals surface area contributed by atoms with E-state index in [2.05, 4.69) is 20.7 Å². The highest BCUT2D eigenvalue weighted by Gasteiger charge is 2.27. The number of aromatic nitrogens is 3. The van der Waals surface area contributed by atoms with E-state index in [1.54, 1.807) is 35.0 Å². The van der Waals surface area contributed by atoms with Crippen molar-refractivity contribution in [3.05, 3.63) is 64.4 Å². The molecule has 1 aliphatic rings. The summed E-state index contributed by atoms with van der Waals surface area (Å²) in [7, 11) is 0. The van der Waals surface area contributed by atoms with Crippen molar-refractivity contribution in [1.29, 1.82) is 0 Å². The SMILES string of the molecule is O=C(COc1ccc([C@@H]2CC(=O)Nc3ncnn32)cc1)Nc1cccc(Cl)c1Cl. The van der Waals surface area contributed by atoms with Gasteiger partial charge in [0.15, 0.2) is 6.61 Å². The zero-order valence-electron chi connectivity index (χ0n) is 14.9. The molecule has 8 nitrogen and oxygen atoms in total. The number of carbonyl (C=O) groups excluding carboxylic acids is 2. The third-order valence-electron chi connectivity index (χ3n) is 4.36. The molecule has 2 aromatic carbocycles. The fraction of sp³-hybridized carbons (Fsp3) is 0.158. The monoisotopic (exact) mass is 431 g/mol. The van der Waals surface area contributed by atoms with Gasteiger partial charge < -0.3 is 10.1 Å². The van der Waals surface area contributed by atoms with Gasteiger partial charge in [-0.3, -0.25) is 14.9 Å². The maximum absolute atomic E-state index is 12.1. The minimum Gasteiger partial charge on any atom is -0.484 e. The lowest BCUT2D eigenvalue weighted by molar-refractivity contribution is -0.118. The Balaban J connectivity index is 1.39. The van der Waals surface area contributed by atoms with E-state index in [4.69, 9.17) is 27.9 Å². The van der Waals surface area contributed by atoms with Gasteiger partial charge in [0.1, 0.15) is 12.1 Å². The lowest BCUT2D eigenvalue weighted by atomic mass is 10.0. The Bertz CT molecular complexity index is 1070. The van der Waals surface area contributed by atoms with Gasteiger partial charge in [0.2, 0.25) is 11.9 Å². The van der Waals surface area contributed by atoms with Crippen molar-refractivity contribution < 1.29 is 14.3 Å². The molecule has 10 heteroatoms. The summed E-state index contributed by atoms with van der Waals surface area (Å²) in [5.41, 5.74) is 1.30. The van der Waals surface area contributed by atoms with Crippen LogP contribution in [0.5, 0.6) is 5.75 Å². The van der Waals surface area contributed by atoms with Crippen molar-refractivity contribution >= 4 is 46.7 Å². The summed E-state index contributed by atoms with van der Waals surface area (Å²) in [5, 5.41) is 10.1. The highest BCUT2D eigenvalue weighted by atomic mass is 35.5. The molecule has 1 aromatic heterocycles. The molecule has 0 fully saturated rings. The number of ether oxygens (including phenoxy) is 1. The van der Waals surface area contributed by atoms with E-state index < -0.39 is 0 Å². The van der Waals surface area contributed by atoms with Crippen LogP contribution in [0.15, 0.2) is 48.8 Å². The molecule has 0 bridgehead atoms. The van der Waals surface area contributed by atoms with Gasteiger partial charge in [-0.05, 0) is 29.8 Å². The molecule has 0 unspecified atom stereocenters. The number of hydrogen-bond donors (Lipinski definition) is 2. The second-order valence-corrected chi connectivity index (χ2v) is 7.09. The molecule has 4 rings (SSSR count). The summed E-state index contributed by atoms with van der Waals surface area (Å²) < 4.78 is 7.19. The number of anilines is 2. The average Bonchev–Trinajstić information content (AvgIpc) is 3.18. The Kier molecular flexibility index (Phi) is 5.37. The molecule has 0 saturated carbocycles. The van der Waals surface area contributed by atoms with Gasteiger partial charge in [-0.2, -0.15) is 10.1 Å². The molecule has 3 aromatic rings. The molecule has 2 amide bonds. The molecule has 0 radical (unpaired) electrons. The van der Waals surface area contributed by atoms with Crippen LogP contribution in [0.4, 0.5) is 11.6 Å². The van der Waals surface area contributed by atoms with E-state index in [9.17, 15) is 9.59 Å². The van der Waals surface area contributed by atoms with E-state index >= 15 is 0 Å². The number of hydrogen-bond acceptors (Lipinski definition) is 5. The molecule has 0 aliphatic carbocycles. The van der Waals surface area contributed by atoms with Gasteiger partial charge in [0, 0.05) is 0 Å². The molecule has 0 saturated heterocycles. The van der Waals surface area contributed by atoms with Crippen molar-refractivity contribution in [2.45, 2.75) is 12.5 Å². The number of carbonyl (C=O) groups is 2. The first-order valence-corrected chi connectivity index (χ1v) is 9.43. The topological polar surface area (TPSA) is 98.1 Å². The molecule has 29 heavy (non-hydrogen) atoms. The van der Waals surface area contributed by atoms with E-state index in [-0.39, 0.29) is 35.9 Å². The average molecular weight is 432 g/mol. The maximum atomic E-state index is 12.1. The third kappa shape index (κ3) is 4.18. The molecule has 148 valence electrons. The van der Waals surface area contributed by atoms with Crippen LogP contribution in [0.1, 0.15) is 18.0 Å². The molecule has 1 aliphatic heterocycles. The Morgan fingerprint density at radius 3 is 2.83 bits per heavy atom. The van der Waals surface area contributed by atoms with Gasteiger partial charge in [0.25, 0.3) is 5.91 Å². The van der Waals surface area contributed by atoms with Gasteiger partial charge in [-0.15, -0.1) is 0 Å². The highest BCUT2D eigenvalue weighted by Crippen LogP contribution is 2.30. The van der Waals surface area contributed by atoms with Gasteiger partial charge >= 0.3 is 0 Å². The van der Waals surface area contributed by atoms with E-state index in [0.717, 1.165) is 5.56 Å². The number of nitrogens with one attached hydrogen (secondary N) is 2. The van der Waals surface area contributed by atoms with Crippen LogP contribution in [-0.2, 0) is 9.59 Å². The fourth-order valence-electron chi connectivity index (χ4n) is 2.99. The van der Waals surface area contributed by atoms with Crippen LogP contribution in [0.25, 0.3) is 0 Å². The second kappa shape index (κ2) is 8.10. The van der Waals surface area contributed by atoms with Crippen molar-refractivity contribution in [3.63, 3.8) is 0 Å². The predicted octanol–water partition coefficient (Wildman–Crippen LogP) is 3.53. The number of amides is 2. The summed E-state index contributed by atoms with van der Waals surface area (Å²) in [6.07, 6.45) is 1.66. The number of nitrogens with zero attached hydrogens (tertiary/aromatic N) is 3. The zero-order chi connectivity index (χ0) is 20.4. The van der Waals surface area contributed by atoms with Crippen molar-refractivity contribution in [3.8, 4) is 5.75 Å². The first-order chi connectivity index (χ1) is 14.0. The summed E-state index contributed by atoms with van der Waals surface area (Å²) in [5.74, 6) is 0.449. The summed E-state index contributed by atoms with van der Waals surface area (Å²) in [4.78, 5) is 28.0. The Morgan fingerprint density at radius 1 is 1.24 bits per heavy atom. The van der Waals surface area contributed by atoms with Crippen LogP contribution >= 0.6 is 23.2 Å². The van der Waals surface area contributed by atoms with Gasteiger partial charge in [-0.1, -0.05) is 41.4 Å². The van der Waals surface area contributed by atoms with Crippen molar-refractivity contribution in [2.24, 2.45) is 0 Å². The van der Waals surface area contributed by atoms with Crippen LogP contribution in [0, 0.1) is 0 Å². The van der Waals surface area contributed by atoms with Gasteiger partial charge in [0.05, 0.1) is 28.2 Å². The van der Waals surface area contributed by atoms with Crippen LogP contribution in [-0.4, -0.2) is 33.2 Å². The summed E-state index contributed by atoms with van der Waals surface area (Å²) in [6, 6.07) is 11.9. The molecule has 2 heterocycles. The van der Waals surface area contributed by atoms with Crippen molar-refractivity contribution in [2.75, 3.05) is 17.2 Å². The Labute approximate surface area is 175 Å². The molecule has 1 atom stereocenters. The summed E-state index contributed by atoms with van der Waals surface area (Å²) >= 11 is 12.0. The number of fused-ring (bicyclic) bond motifs is 1. The quantitative estimate of drug-likeness (QED) is 0.643. The summed E-state index contributed by atoms with van der Waals surface area (Å²) in [6.45, 7) is -0.193. The van der Waals surface area contributed by atoms with Gasteiger partial charge in [-0.25, -0.2) is 4.68 Å². The minimum atomic E-state index is -0.366. The molecular weight excluding hydrogens is 417 g/mol. The van der Waals surface area contributed by atoms with E-state index in [1.807, 2.05) is 12.1 Å². The number of benzene rings is 2. The zero-order valence-corrected chi connectivity index (χ0v) is 16.4. The third-order valence-corrected chi connectivity index (χ3v) is 5.18. The normalized spacial score (nSPS) is 15.4. The second-order valence-electron chi connectivity index (χ2n) is 6.30. The van der Waals surface area contributed by atoms with E-state index in [1.165, 1.54) is 6.33 Å². The molecule has 2 N–H and O–H groups in total. The first-order valence-electron chi connectivity index (χ1n) is 8.67. The lowest BCUT2D eigenvalue weighted by Gasteiger charge is -2.23. The fourth-order valence-corrected chi connectivity index (χ4v) is 3.33. The highest BCUT2D eigenvalue weighted by molar-refractivity contribution is 6.44. The number of halogens is 2. The largest absolute Gasteiger partial charge is 0.484 e. The Morgan fingerprint density at radius 2 is 2.03 bits per heavy atom. The standard InChI is InChI=1S/C19H15Cl2N5O3/c20-13-2-1-3-14(18(13)21)24-17(28)9-29-12-6-4-11(5-7-12)15-8-16(27)25-19-22-10-23-26(15)19/h1-7,10,15H,8-9H2,(H,24,28)(H,22,23,25,27)/t15-/m0/s1. The lowest BCUT2D eigenvalue weighted by Crippen LogP contribution is -2.29. The van der Waals surface area contributed by atoms with Crippen LogP contribution < -0.4 is 15.4 Å². The molecule has 0 spiro atoms. The van der Waals surface area contributed by atoms with E-state index in [0.29, 0.717) is 22.4 Å². The smallest absolute Gasteiger partial charge is 0.262 e. The first kappa shape index (κ1) is 19.2. The minimum absolute atomic E-state index is 0.118. The van der Waals surface area contributed by atoms with Crippen LogP contribution in [0.3, 0.4) is 0 Å². The number of rotatable bonds is 5. The molecular formula is C19H15Cl2N5O3. The van der Waals surface area contributed by atoms with Crippen LogP contribution in [0.2, 0.25) is 10.0 Å². The Hall–Kier alpha value is -3.10. The maximum Gasteiger partial charge on any atom is 0.262 e. The van der Waals surface area contributed by atoms with Crippen molar-refractivity contribution in [1.82, 2.24) is 14.8 Å².